The van der Waals surface area contributed by atoms with Gasteiger partial charge in [0.1, 0.15) is 10.4 Å². The molecule has 0 amide bonds. The Balaban J connectivity index is 1.66. The van der Waals surface area contributed by atoms with Crippen LogP contribution >= 0.6 is 12.2 Å². The Kier molecular flexibility index (Phi) is 6.49. The zero-order valence-electron chi connectivity index (χ0n) is 14.9. The third-order valence-electron chi connectivity index (χ3n) is 3.71. The Morgan fingerprint density at radius 2 is 1.64 bits per heavy atom. The number of hydrogen-bond donors (Lipinski definition) is 0. The summed E-state index contributed by atoms with van der Waals surface area (Å²) in [5.74, 6) is -0.554. The summed E-state index contributed by atoms with van der Waals surface area (Å²) in [7, 11) is 0. The molecule has 0 saturated heterocycles. The third kappa shape index (κ3) is 5.25. The SMILES string of the molecule is O=C(COc1ccccc1C(=O)/C=C/c1ccccc1)On1ccccc1=S. The second-order valence-electron chi connectivity index (χ2n) is 5.72. The average Bonchev–Trinajstić information content (AvgIpc) is 2.73. The van der Waals surface area contributed by atoms with Gasteiger partial charge in [-0.2, -0.15) is 4.73 Å². The number of nitrogens with zero attached hydrogens (tertiary/aromatic N) is 1. The monoisotopic (exact) mass is 391 g/mol. The number of pyridine rings is 1. The molecule has 2 aromatic carbocycles. The summed E-state index contributed by atoms with van der Waals surface area (Å²) >= 11 is 5.07. The topological polar surface area (TPSA) is 57.5 Å². The summed E-state index contributed by atoms with van der Waals surface area (Å²) in [6.45, 7) is -0.358. The highest BCUT2D eigenvalue weighted by Gasteiger charge is 2.12. The molecule has 0 aliphatic carbocycles. The van der Waals surface area contributed by atoms with E-state index in [0.717, 1.165) is 5.56 Å². The molecule has 140 valence electrons. The Morgan fingerprint density at radius 3 is 2.43 bits per heavy atom. The minimum absolute atomic E-state index is 0.224. The van der Waals surface area contributed by atoms with Crippen LogP contribution < -0.4 is 9.57 Å². The number of carbonyl (C=O) groups is 2. The van der Waals surface area contributed by atoms with E-state index in [1.165, 1.54) is 17.0 Å². The molecule has 6 heteroatoms. The van der Waals surface area contributed by atoms with E-state index in [0.29, 0.717) is 16.0 Å². The first-order valence-electron chi connectivity index (χ1n) is 8.51. The van der Waals surface area contributed by atoms with Gasteiger partial charge in [0.15, 0.2) is 12.4 Å². The Labute approximate surface area is 167 Å². The molecule has 28 heavy (non-hydrogen) atoms. The van der Waals surface area contributed by atoms with Crippen molar-refractivity contribution in [2.24, 2.45) is 0 Å². The first kappa shape index (κ1) is 19.3. The molecule has 0 unspecified atom stereocenters. The number of rotatable bonds is 7. The maximum absolute atomic E-state index is 12.5. The molecule has 3 aromatic rings. The molecule has 0 spiro atoms. The van der Waals surface area contributed by atoms with Crippen LogP contribution in [0.4, 0.5) is 0 Å². The zero-order valence-corrected chi connectivity index (χ0v) is 15.7. The fourth-order valence-corrected chi connectivity index (χ4v) is 2.56. The number of aromatic nitrogens is 1. The van der Waals surface area contributed by atoms with E-state index in [1.54, 1.807) is 48.5 Å². The summed E-state index contributed by atoms with van der Waals surface area (Å²) in [6, 6.07) is 21.3. The predicted molar refractivity (Wildman–Crippen MR) is 109 cm³/mol. The van der Waals surface area contributed by atoms with E-state index in [2.05, 4.69) is 0 Å². The summed E-state index contributed by atoms with van der Waals surface area (Å²) in [5.41, 5.74) is 1.27. The largest absolute Gasteiger partial charge is 0.481 e. The van der Waals surface area contributed by atoms with Crippen molar-refractivity contribution in [3.8, 4) is 5.75 Å². The highest BCUT2D eigenvalue weighted by Crippen LogP contribution is 2.19. The van der Waals surface area contributed by atoms with Crippen LogP contribution in [-0.2, 0) is 4.79 Å². The van der Waals surface area contributed by atoms with E-state index in [1.807, 2.05) is 30.3 Å². The van der Waals surface area contributed by atoms with E-state index in [9.17, 15) is 9.59 Å². The van der Waals surface area contributed by atoms with Crippen molar-refractivity contribution >= 4 is 30.0 Å². The van der Waals surface area contributed by atoms with Crippen LogP contribution in [0.15, 0.2) is 85.1 Å². The number of ether oxygens (including phenoxy) is 1. The number of ketones is 1. The second kappa shape index (κ2) is 9.43. The Bertz CT molecular complexity index is 1060. The Morgan fingerprint density at radius 1 is 0.929 bits per heavy atom. The van der Waals surface area contributed by atoms with Crippen LogP contribution in [0.1, 0.15) is 15.9 Å². The minimum Gasteiger partial charge on any atom is -0.481 e. The fourth-order valence-electron chi connectivity index (χ4n) is 2.38. The van der Waals surface area contributed by atoms with Gasteiger partial charge in [-0.25, -0.2) is 4.79 Å². The van der Waals surface area contributed by atoms with E-state index >= 15 is 0 Å². The van der Waals surface area contributed by atoms with Crippen molar-refractivity contribution < 1.29 is 19.2 Å². The first-order valence-corrected chi connectivity index (χ1v) is 8.92. The molecule has 0 aliphatic rings. The van der Waals surface area contributed by atoms with Gasteiger partial charge in [-0.05, 0) is 35.9 Å². The van der Waals surface area contributed by atoms with Crippen LogP contribution in [0, 0.1) is 4.64 Å². The van der Waals surface area contributed by atoms with Crippen molar-refractivity contribution in [3.05, 3.63) is 101 Å². The van der Waals surface area contributed by atoms with Gasteiger partial charge < -0.3 is 9.57 Å². The summed E-state index contributed by atoms with van der Waals surface area (Å²) < 4.78 is 7.05. The molecule has 1 heterocycles. The molecule has 0 saturated carbocycles. The molecule has 3 rings (SSSR count). The van der Waals surface area contributed by atoms with Gasteiger partial charge in [0.05, 0.1) is 5.56 Å². The number of benzene rings is 2. The zero-order chi connectivity index (χ0) is 19.8. The standard InChI is InChI=1S/C22H17NO4S/c24-19(14-13-17-8-2-1-3-9-17)18-10-4-5-11-20(18)26-16-22(25)27-23-15-7-6-12-21(23)28/h1-15H,16H2/b14-13+. The van der Waals surface area contributed by atoms with Crippen LogP contribution in [0.3, 0.4) is 0 Å². The quantitative estimate of drug-likeness (QED) is 0.344. The molecule has 0 N–H and O–H groups in total. The summed E-state index contributed by atoms with van der Waals surface area (Å²) in [5, 5.41) is 0. The summed E-state index contributed by atoms with van der Waals surface area (Å²) in [4.78, 5) is 29.7. The van der Waals surface area contributed by atoms with E-state index in [4.69, 9.17) is 21.8 Å². The number of para-hydroxylation sites is 1. The Hall–Kier alpha value is -3.51. The van der Waals surface area contributed by atoms with Gasteiger partial charge in [0, 0.05) is 6.20 Å². The third-order valence-corrected chi connectivity index (χ3v) is 4.03. The summed E-state index contributed by atoms with van der Waals surface area (Å²) in [6.07, 6.45) is 4.73. The van der Waals surface area contributed by atoms with Crippen LogP contribution in [-0.4, -0.2) is 23.1 Å². The fraction of sp³-hybridized carbons (Fsp3) is 0.0455. The molecule has 1 aromatic heterocycles. The lowest BCUT2D eigenvalue weighted by atomic mass is 10.1. The average molecular weight is 391 g/mol. The van der Waals surface area contributed by atoms with Crippen molar-refractivity contribution in [1.82, 2.24) is 4.73 Å². The van der Waals surface area contributed by atoms with E-state index < -0.39 is 5.97 Å². The molecule has 5 nitrogen and oxygen atoms in total. The number of carbonyl (C=O) groups excluding carboxylic acids is 2. The van der Waals surface area contributed by atoms with Gasteiger partial charge in [-0.3, -0.25) is 4.79 Å². The van der Waals surface area contributed by atoms with Gasteiger partial charge >= 0.3 is 5.97 Å². The smallest absolute Gasteiger partial charge is 0.369 e. The van der Waals surface area contributed by atoms with Crippen molar-refractivity contribution in [2.75, 3.05) is 6.61 Å². The lowest BCUT2D eigenvalue weighted by Gasteiger charge is -2.10. The van der Waals surface area contributed by atoms with E-state index in [-0.39, 0.29) is 12.4 Å². The van der Waals surface area contributed by atoms with Gasteiger partial charge in [0.25, 0.3) is 0 Å². The van der Waals surface area contributed by atoms with Crippen molar-refractivity contribution in [2.45, 2.75) is 0 Å². The van der Waals surface area contributed by atoms with Crippen molar-refractivity contribution in [3.63, 3.8) is 0 Å². The molecule has 0 aliphatic heterocycles. The minimum atomic E-state index is -0.635. The molecule has 0 bridgehead atoms. The lowest BCUT2D eigenvalue weighted by Crippen LogP contribution is -2.26. The van der Waals surface area contributed by atoms with Gasteiger partial charge in [-0.15, -0.1) is 0 Å². The second-order valence-corrected chi connectivity index (χ2v) is 6.14. The molecular weight excluding hydrogens is 374 g/mol. The molecule has 0 radical (unpaired) electrons. The highest BCUT2D eigenvalue weighted by molar-refractivity contribution is 7.71. The van der Waals surface area contributed by atoms with Gasteiger partial charge in [-0.1, -0.05) is 66.8 Å². The number of allylic oxidation sites excluding steroid dienone is 1. The molecule has 0 fully saturated rings. The number of hydrogen-bond acceptors (Lipinski definition) is 5. The normalized spacial score (nSPS) is 10.6. The lowest BCUT2D eigenvalue weighted by molar-refractivity contribution is -0.146. The maximum Gasteiger partial charge on any atom is 0.369 e. The van der Waals surface area contributed by atoms with Crippen LogP contribution in [0.25, 0.3) is 6.08 Å². The van der Waals surface area contributed by atoms with Crippen LogP contribution in [0.5, 0.6) is 5.75 Å². The first-order chi connectivity index (χ1) is 13.6. The van der Waals surface area contributed by atoms with Crippen LogP contribution in [0.2, 0.25) is 0 Å². The highest BCUT2D eigenvalue weighted by atomic mass is 32.1. The predicted octanol–water partition coefficient (Wildman–Crippen LogP) is 4.15. The maximum atomic E-state index is 12.5. The van der Waals surface area contributed by atoms with Gasteiger partial charge in [0.2, 0.25) is 0 Å². The van der Waals surface area contributed by atoms with Crippen molar-refractivity contribution in [1.29, 1.82) is 0 Å². The molecular formula is C22H17NO4S. The molecule has 0 atom stereocenters.